The van der Waals surface area contributed by atoms with Gasteiger partial charge in [0, 0.05) is 19.2 Å². The predicted octanol–water partition coefficient (Wildman–Crippen LogP) is -0.990. The van der Waals surface area contributed by atoms with Gasteiger partial charge in [-0.2, -0.15) is 0 Å². The SMILES string of the molecule is O=C1C=CC(=O)C(NC(=O)CN2CC2)=C1. The van der Waals surface area contributed by atoms with Crippen molar-refractivity contribution in [3.05, 3.63) is 23.9 Å². The molecule has 1 amide bonds. The first kappa shape index (κ1) is 9.79. The summed E-state index contributed by atoms with van der Waals surface area (Å²) in [6, 6.07) is 0. The van der Waals surface area contributed by atoms with Gasteiger partial charge in [0.2, 0.25) is 11.7 Å². The predicted molar refractivity (Wildman–Crippen MR) is 51.8 cm³/mol. The molecule has 0 atom stereocenters. The number of carbonyl (C=O) groups excluding carboxylic acids is 3. The van der Waals surface area contributed by atoms with Crippen LogP contribution >= 0.6 is 0 Å². The van der Waals surface area contributed by atoms with Gasteiger partial charge in [0.05, 0.1) is 12.2 Å². The van der Waals surface area contributed by atoms with Crippen molar-refractivity contribution in [1.82, 2.24) is 10.2 Å². The van der Waals surface area contributed by atoms with Gasteiger partial charge in [-0.3, -0.25) is 19.3 Å². The molecule has 2 aliphatic rings. The summed E-state index contributed by atoms with van der Waals surface area (Å²) in [7, 11) is 0. The van der Waals surface area contributed by atoms with Gasteiger partial charge in [0.1, 0.15) is 0 Å². The smallest absolute Gasteiger partial charge is 0.238 e. The zero-order valence-corrected chi connectivity index (χ0v) is 8.03. The normalized spacial score (nSPS) is 20.1. The Bertz CT molecular complexity index is 391. The fraction of sp³-hybridized carbons (Fsp3) is 0.300. The number of nitrogens with zero attached hydrogens (tertiary/aromatic N) is 1. The van der Waals surface area contributed by atoms with Crippen molar-refractivity contribution in [2.24, 2.45) is 0 Å². The molecule has 1 N–H and O–H groups in total. The van der Waals surface area contributed by atoms with E-state index in [1.807, 2.05) is 4.90 Å². The Labute approximate surface area is 86.4 Å². The molecule has 0 radical (unpaired) electrons. The van der Waals surface area contributed by atoms with Crippen LogP contribution in [-0.4, -0.2) is 42.0 Å². The third-order valence-electron chi connectivity index (χ3n) is 2.13. The third-order valence-corrected chi connectivity index (χ3v) is 2.13. The van der Waals surface area contributed by atoms with Crippen LogP contribution in [0.15, 0.2) is 23.9 Å². The fourth-order valence-electron chi connectivity index (χ4n) is 1.23. The van der Waals surface area contributed by atoms with Crippen LogP contribution in [0.3, 0.4) is 0 Å². The first-order valence-electron chi connectivity index (χ1n) is 4.65. The molecule has 0 spiro atoms. The topological polar surface area (TPSA) is 66.2 Å². The molecule has 5 nitrogen and oxygen atoms in total. The zero-order valence-electron chi connectivity index (χ0n) is 8.03. The molecule has 0 unspecified atom stereocenters. The number of hydrogen-bond donors (Lipinski definition) is 1. The summed E-state index contributed by atoms with van der Waals surface area (Å²) < 4.78 is 0. The van der Waals surface area contributed by atoms with E-state index >= 15 is 0 Å². The maximum Gasteiger partial charge on any atom is 0.238 e. The highest BCUT2D eigenvalue weighted by molar-refractivity contribution is 6.18. The van der Waals surface area contributed by atoms with Gasteiger partial charge in [-0.15, -0.1) is 0 Å². The minimum absolute atomic E-state index is 0.0642. The number of nitrogens with one attached hydrogen (secondary N) is 1. The minimum Gasteiger partial charge on any atom is -0.322 e. The van der Waals surface area contributed by atoms with Crippen molar-refractivity contribution in [2.45, 2.75) is 0 Å². The van der Waals surface area contributed by atoms with Crippen molar-refractivity contribution in [2.75, 3.05) is 19.6 Å². The highest BCUT2D eigenvalue weighted by Gasteiger charge is 2.22. The summed E-state index contributed by atoms with van der Waals surface area (Å²) in [5, 5.41) is 2.43. The van der Waals surface area contributed by atoms with Crippen molar-refractivity contribution in [3.8, 4) is 0 Å². The van der Waals surface area contributed by atoms with E-state index in [9.17, 15) is 14.4 Å². The van der Waals surface area contributed by atoms with E-state index in [4.69, 9.17) is 0 Å². The average molecular weight is 206 g/mol. The number of ketones is 2. The second-order valence-corrected chi connectivity index (χ2v) is 3.48. The molecular formula is C10H10N2O3. The van der Waals surface area contributed by atoms with E-state index in [-0.39, 0.29) is 29.7 Å². The Morgan fingerprint density at radius 1 is 1.33 bits per heavy atom. The highest BCUT2D eigenvalue weighted by Crippen LogP contribution is 2.04. The number of carbonyl (C=O) groups is 3. The van der Waals surface area contributed by atoms with E-state index in [2.05, 4.69) is 5.32 Å². The molecule has 0 aromatic rings. The summed E-state index contributed by atoms with van der Waals surface area (Å²) in [4.78, 5) is 35.4. The molecule has 1 aliphatic heterocycles. The molecule has 1 saturated heterocycles. The van der Waals surface area contributed by atoms with Crippen molar-refractivity contribution in [3.63, 3.8) is 0 Å². The van der Waals surface area contributed by atoms with Crippen molar-refractivity contribution >= 4 is 17.5 Å². The largest absolute Gasteiger partial charge is 0.322 e. The highest BCUT2D eigenvalue weighted by atomic mass is 16.2. The average Bonchev–Trinajstić information content (AvgIpc) is 2.95. The molecule has 0 aromatic heterocycles. The Balaban J connectivity index is 1.94. The van der Waals surface area contributed by atoms with Crippen LogP contribution in [0.5, 0.6) is 0 Å². The van der Waals surface area contributed by atoms with Crippen molar-refractivity contribution < 1.29 is 14.4 Å². The van der Waals surface area contributed by atoms with Crippen molar-refractivity contribution in [1.29, 1.82) is 0 Å². The summed E-state index contributed by atoms with van der Waals surface area (Å²) in [5.41, 5.74) is 0.0642. The molecule has 0 saturated carbocycles. The summed E-state index contributed by atoms with van der Waals surface area (Å²) >= 11 is 0. The van der Waals surface area contributed by atoms with E-state index < -0.39 is 0 Å². The number of allylic oxidation sites excluding steroid dienone is 3. The van der Waals surface area contributed by atoms with Crippen LogP contribution in [0.2, 0.25) is 0 Å². The molecule has 78 valence electrons. The number of rotatable bonds is 3. The molecule has 0 aromatic carbocycles. The fourth-order valence-corrected chi connectivity index (χ4v) is 1.23. The second kappa shape index (κ2) is 3.78. The standard InChI is InChI=1S/C10H10N2O3/c13-7-1-2-9(14)8(5-7)11-10(15)6-12-3-4-12/h1-2,5H,3-4,6H2,(H,11,15). The van der Waals surface area contributed by atoms with Gasteiger partial charge in [-0.25, -0.2) is 0 Å². The lowest BCUT2D eigenvalue weighted by molar-refractivity contribution is -0.122. The molecule has 1 heterocycles. The van der Waals surface area contributed by atoms with E-state index in [0.29, 0.717) is 0 Å². The first-order chi connectivity index (χ1) is 7.15. The van der Waals surface area contributed by atoms with Crippen LogP contribution < -0.4 is 5.32 Å². The number of amides is 1. The Hall–Kier alpha value is -1.75. The van der Waals surface area contributed by atoms with Crippen LogP contribution in [-0.2, 0) is 14.4 Å². The molecule has 0 bridgehead atoms. The van der Waals surface area contributed by atoms with Gasteiger partial charge in [-0.05, 0) is 12.2 Å². The quantitative estimate of drug-likeness (QED) is 0.475. The van der Waals surface area contributed by atoms with Crippen LogP contribution in [0.1, 0.15) is 0 Å². The van der Waals surface area contributed by atoms with Gasteiger partial charge in [0.25, 0.3) is 0 Å². The zero-order chi connectivity index (χ0) is 10.8. The Kier molecular flexibility index (Phi) is 2.47. The lowest BCUT2D eigenvalue weighted by atomic mass is 10.1. The maximum absolute atomic E-state index is 11.3. The van der Waals surface area contributed by atoms with Gasteiger partial charge in [-0.1, -0.05) is 0 Å². The third kappa shape index (κ3) is 2.60. The molecule has 1 fully saturated rings. The first-order valence-corrected chi connectivity index (χ1v) is 4.65. The van der Waals surface area contributed by atoms with Crippen LogP contribution in [0.25, 0.3) is 0 Å². The van der Waals surface area contributed by atoms with Gasteiger partial charge >= 0.3 is 0 Å². The molecular weight excluding hydrogens is 196 g/mol. The lowest BCUT2D eigenvalue weighted by Crippen LogP contribution is -2.33. The summed E-state index contributed by atoms with van der Waals surface area (Å²) in [6.45, 7) is 2.11. The van der Waals surface area contributed by atoms with E-state index in [0.717, 1.165) is 25.2 Å². The molecule has 5 heteroatoms. The van der Waals surface area contributed by atoms with Gasteiger partial charge < -0.3 is 5.32 Å². The van der Waals surface area contributed by atoms with Crippen LogP contribution in [0, 0.1) is 0 Å². The monoisotopic (exact) mass is 206 g/mol. The molecule has 1 aliphatic carbocycles. The summed E-state index contributed by atoms with van der Waals surface area (Å²) in [5.74, 6) is -0.874. The molecule has 15 heavy (non-hydrogen) atoms. The molecule has 2 rings (SSSR count). The second-order valence-electron chi connectivity index (χ2n) is 3.48. The maximum atomic E-state index is 11.3. The Morgan fingerprint density at radius 2 is 2.07 bits per heavy atom. The van der Waals surface area contributed by atoms with E-state index in [1.54, 1.807) is 0 Å². The number of hydrogen-bond acceptors (Lipinski definition) is 4. The lowest BCUT2D eigenvalue weighted by Gasteiger charge is -2.08. The Morgan fingerprint density at radius 3 is 2.73 bits per heavy atom. The van der Waals surface area contributed by atoms with Gasteiger partial charge in [0.15, 0.2) is 5.78 Å². The summed E-state index contributed by atoms with van der Waals surface area (Å²) in [6.07, 6.45) is 3.49. The van der Waals surface area contributed by atoms with Crippen LogP contribution in [0.4, 0.5) is 0 Å². The minimum atomic E-state index is -0.339. The van der Waals surface area contributed by atoms with E-state index in [1.165, 1.54) is 6.08 Å².